The fourth-order valence-corrected chi connectivity index (χ4v) is 5.14. The fourth-order valence-electron chi connectivity index (χ4n) is 3.91. The van der Waals surface area contributed by atoms with Crippen molar-refractivity contribution in [3.05, 3.63) is 44.6 Å². The maximum Gasteiger partial charge on any atom is 0.161 e. The van der Waals surface area contributed by atoms with Gasteiger partial charge in [0.1, 0.15) is 0 Å². The Bertz CT molecular complexity index is 722. The Morgan fingerprint density at radius 1 is 1.09 bits per heavy atom. The topological polar surface area (TPSA) is 30.5 Å². The zero-order valence-electron chi connectivity index (χ0n) is 13.2. The van der Waals surface area contributed by atoms with E-state index in [4.69, 9.17) is 9.47 Å². The average Bonchev–Trinajstić information content (AvgIpc) is 2.93. The summed E-state index contributed by atoms with van der Waals surface area (Å²) < 4.78 is 11.0. The lowest BCUT2D eigenvalue weighted by molar-refractivity contribution is 0.349. The maximum absolute atomic E-state index is 5.53. The zero-order valence-corrected chi connectivity index (χ0v) is 14.0. The Hall–Kier alpha value is -1.52. The molecule has 0 saturated heterocycles. The molecule has 1 aromatic carbocycles. The van der Waals surface area contributed by atoms with Crippen molar-refractivity contribution in [2.24, 2.45) is 0 Å². The van der Waals surface area contributed by atoms with Crippen molar-refractivity contribution in [1.82, 2.24) is 5.32 Å². The molecule has 2 aromatic rings. The lowest BCUT2D eigenvalue weighted by Gasteiger charge is -2.38. The van der Waals surface area contributed by atoms with Gasteiger partial charge in [0.05, 0.1) is 14.2 Å². The lowest BCUT2D eigenvalue weighted by atomic mass is 9.75. The summed E-state index contributed by atoms with van der Waals surface area (Å²) in [6, 6.07) is 7.23. The molecular formula is C18H21NO2S. The second-order valence-corrected chi connectivity index (χ2v) is 7.44. The summed E-state index contributed by atoms with van der Waals surface area (Å²) >= 11 is 1.95. The molecule has 0 unspecified atom stereocenters. The molecule has 3 nitrogen and oxygen atoms in total. The van der Waals surface area contributed by atoms with Gasteiger partial charge in [-0.2, -0.15) is 0 Å². The molecule has 0 fully saturated rings. The molecule has 4 heteroatoms. The molecule has 1 aromatic heterocycles. The lowest BCUT2D eigenvalue weighted by Crippen LogP contribution is -2.41. The van der Waals surface area contributed by atoms with Crippen molar-refractivity contribution in [2.75, 3.05) is 14.2 Å². The summed E-state index contributed by atoms with van der Waals surface area (Å²) in [5.74, 6) is 2.12. The summed E-state index contributed by atoms with van der Waals surface area (Å²) in [7, 11) is 3.42. The Labute approximate surface area is 135 Å². The van der Waals surface area contributed by atoms with Crippen LogP contribution in [0.3, 0.4) is 0 Å². The second-order valence-electron chi connectivity index (χ2n) is 6.16. The molecule has 2 aliphatic rings. The molecule has 0 bridgehead atoms. The van der Waals surface area contributed by atoms with E-state index in [1.165, 1.54) is 32.9 Å². The molecule has 1 aliphatic heterocycles. The quantitative estimate of drug-likeness (QED) is 0.918. The number of ether oxygens (including phenoxy) is 2. The maximum atomic E-state index is 5.53. The Morgan fingerprint density at radius 3 is 2.64 bits per heavy atom. The SMILES string of the molecule is COc1cc2c(cc1OC)[C@H]1c3sc(C)cc3CN[C@@H]1CC2. The van der Waals surface area contributed by atoms with Gasteiger partial charge < -0.3 is 14.8 Å². The standard InChI is InChI=1S/C18H21NO2S/c1-10-6-12-9-19-14-5-4-11-7-15(20-2)16(21-3)8-13(11)17(14)18(12)22-10/h6-8,14,17,19H,4-5,9H2,1-3H3/t14-,17-/m1/s1. The van der Waals surface area contributed by atoms with Crippen LogP contribution in [0.15, 0.2) is 18.2 Å². The van der Waals surface area contributed by atoms with Crippen molar-refractivity contribution < 1.29 is 9.47 Å². The Kier molecular flexibility index (Phi) is 3.39. The van der Waals surface area contributed by atoms with Gasteiger partial charge in [0.25, 0.3) is 0 Å². The molecule has 0 radical (unpaired) electrons. The van der Waals surface area contributed by atoms with Crippen LogP contribution in [0.1, 0.15) is 38.8 Å². The first-order valence-electron chi connectivity index (χ1n) is 7.78. The van der Waals surface area contributed by atoms with Gasteiger partial charge in [0.2, 0.25) is 0 Å². The van der Waals surface area contributed by atoms with Gasteiger partial charge in [-0.05, 0) is 54.7 Å². The highest BCUT2D eigenvalue weighted by Gasteiger charge is 2.36. The van der Waals surface area contributed by atoms with E-state index in [0.717, 1.165) is 24.5 Å². The highest BCUT2D eigenvalue weighted by molar-refractivity contribution is 7.12. The third-order valence-corrected chi connectivity index (χ3v) is 6.09. The minimum atomic E-state index is 0.450. The number of methoxy groups -OCH3 is 2. The molecule has 116 valence electrons. The van der Waals surface area contributed by atoms with Crippen molar-refractivity contribution in [2.45, 2.75) is 38.3 Å². The van der Waals surface area contributed by atoms with Gasteiger partial charge in [0.15, 0.2) is 11.5 Å². The summed E-state index contributed by atoms with van der Waals surface area (Å²) in [4.78, 5) is 2.94. The van der Waals surface area contributed by atoms with Gasteiger partial charge in [-0.3, -0.25) is 0 Å². The predicted molar refractivity (Wildman–Crippen MR) is 89.4 cm³/mol. The van der Waals surface area contributed by atoms with Gasteiger partial charge in [-0.15, -0.1) is 11.3 Å². The molecule has 2 heterocycles. The molecule has 0 amide bonds. The van der Waals surface area contributed by atoms with Crippen LogP contribution in [0.5, 0.6) is 11.5 Å². The largest absolute Gasteiger partial charge is 0.493 e. The highest BCUT2D eigenvalue weighted by atomic mass is 32.1. The van der Waals surface area contributed by atoms with Crippen molar-refractivity contribution >= 4 is 11.3 Å². The van der Waals surface area contributed by atoms with E-state index in [9.17, 15) is 0 Å². The summed E-state index contributed by atoms with van der Waals surface area (Å²) in [5.41, 5.74) is 4.27. The van der Waals surface area contributed by atoms with E-state index in [1.807, 2.05) is 11.3 Å². The first-order chi connectivity index (χ1) is 10.7. The van der Waals surface area contributed by atoms with E-state index in [2.05, 4.69) is 30.4 Å². The van der Waals surface area contributed by atoms with Crippen LogP contribution in [-0.2, 0) is 13.0 Å². The number of hydrogen-bond acceptors (Lipinski definition) is 4. The van der Waals surface area contributed by atoms with E-state index < -0.39 is 0 Å². The summed E-state index contributed by atoms with van der Waals surface area (Å²) in [5, 5.41) is 3.73. The second kappa shape index (κ2) is 5.28. The summed E-state index contributed by atoms with van der Waals surface area (Å²) in [6.45, 7) is 3.21. The van der Waals surface area contributed by atoms with Crippen LogP contribution in [-0.4, -0.2) is 20.3 Å². The molecule has 1 N–H and O–H groups in total. The molecule has 2 atom stereocenters. The van der Waals surface area contributed by atoms with Gasteiger partial charge >= 0.3 is 0 Å². The van der Waals surface area contributed by atoms with Gasteiger partial charge in [-0.25, -0.2) is 0 Å². The molecule has 0 saturated carbocycles. The smallest absolute Gasteiger partial charge is 0.161 e. The first-order valence-corrected chi connectivity index (χ1v) is 8.60. The van der Waals surface area contributed by atoms with Crippen molar-refractivity contribution in [3.8, 4) is 11.5 Å². The number of fused-ring (bicyclic) bond motifs is 5. The van der Waals surface area contributed by atoms with E-state index in [-0.39, 0.29) is 0 Å². The number of rotatable bonds is 2. The van der Waals surface area contributed by atoms with E-state index in [0.29, 0.717) is 12.0 Å². The molecule has 0 spiro atoms. The number of nitrogens with one attached hydrogen (secondary N) is 1. The number of aryl methyl sites for hydroxylation is 2. The van der Waals surface area contributed by atoms with E-state index in [1.54, 1.807) is 14.2 Å². The van der Waals surface area contributed by atoms with Crippen molar-refractivity contribution in [1.29, 1.82) is 0 Å². The third-order valence-electron chi connectivity index (χ3n) is 4.91. The Balaban J connectivity index is 1.88. The van der Waals surface area contributed by atoms with Gasteiger partial charge in [-0.1, -0.05) is 0 Å². The average molecular weight is 315 g/mol. The molecule has 22 heavy (non-hydrogen) atoms. The Morgan fingerprint density at radius 2 is 1.86 bits per heavy atom. The minimum Gasteiger partial charge on any atom is -0.493 e. The number of benzene rings is 1. The number of thiophene rings is 1. The van der Waals surface area contributed by atoms with Crippen molar-refractivity contribution in [3.63, 3.8) is 0 Å². The molecule has 4 rings (SSSR count). The minimum absolute atomic E-state index is 0.450. The monoisotopic (exact) mass is 315 g/mol. The summed E-state index contributed by atoms with van der Waals surface area (Å²) in [6.07, 6.45) is 2.28. The van der Waals surface area contributed by atoms with Crippen LogP contribution in [0.4, 0.5) is 0 Å². The molecular weight excluding hydrogens is 294 g/mol. The van der Waals surface area contributed by atoms with Crippen LogP contribution >= 0.6 is 11.3 Å². The third kappa shape index (κ3) is 2.05. The number of hydrogen-bond donors (Lipinski definition) is 1. The van der Waals surface area contributed by atoms with E-state index >= 15 is 0 Å². The zero-order chi connectivity index (χ0) is 15.3. The highest BCUT2D eigenvalue weighted by Crippen LogP contribution is 2.46. The van der Waals surface area contributed by atoms with Gasteiger partial charge in [0, 0.05) is 28.3 Å². The fraction of sp³-hybridized carbons (Fsp3) is 0.444. The molecule has 1 aliphatic carbocycles. The van der Waals surface area contributed by atoms with Crippen LogP contribution in [0, 0.1) is 6.92 Å². The predicted octanol–water partition coefficient (Wildman–Crippen LogP) is 3.62. The first kappa shape index (κ1) is 14.1. The normalized spacial score (nSPS) is 22.5. The van der Waals surface area contributed by atoms with Crippen LogP contribution in [0.25, 0.3) is 0 Å². The van der Waals surface area contributed by atoms with Crippen LogP contribution in [0.2, 0.25) is 0 Å². The van der Waals surface area contributed by atoms with Crippen LogP contribution < -0.4 is 14.8 Å².